The highest BCUT2D eigenvalue weighted by molar-refractivity contribution is 14.1. The molecule has 1 rings (SSSR count). The molecule has 0 bridgehead atoms. The Balaban J connectivity index is 2.89. The van der Waals surface area contributed by atoms with Gasteiger partial charge in [-0.25, -0.2) is 0 Å². The van der Waals surface area contributed by atoms with E-state index < -0.39 is 0 Å². The molecule has 1 amide bonds. The first-order valence-corrected chi connectivity index (χ1v) is 6.56. The number of phenols is 1. The Morgan fingerprint density at radius 2 is 2.18 bits per heavy atom. The maximum Gasteiger partial charge on any atom is 0.257 e. The summed E-state index contributed by atoms with van der Waals surface area (Å²) in [6.45, 7) is 2.99. The van der Waals surface area contributed by atoms with Gasteiger partial charge in [-0.15, -0.1) is 0 Å². The summed E-state index contributed by atoms with van der Waals surface area (Å²) in [6, 6.07) is 4.94. The first-order chi connectivity index (χ1) is 8.10. The number of halogens is 1. The van der Waals surface area contributed by atoms with Gasteiger partial charge in [0.05, 0.1) is 5.56 Å². The minimum absolute atomic E-state index is 0.00198. The van der Waals surface area contributed by atoms with Crippen LogP contribution in [0.15, 0.2) is 18.2 Å². The van der Waals surface area contributed by atoms with Crippen LogP contribution in [0.25, 0.3) is 0 Å². The Morgan fingerprint density at radius 3 is 2.76 bits per heavy atom. The minimum atomic E-state index is -0.197. The maximum absolute atomic E-state index is 12.1. The summed E-state index contributed by atoms with van der Waals surface area (Å²) in [5.41, 5.74) is 0.316. The smallest absolute Gasteiger partial charge is 0.257 e. The van der Waals surface area contributed by atoms with Crippen LogP contribution in [0.5, 0.6) is 5.75 Å². The van der Waals surface area contributed by atoms with Crippen LogP contribution >= 0.6 is 22.6 Å². The van der Waals surface area contributed by atoms with E-state index in [0.717, 1.165) is 3.57 Å². The number of aliphatic hydroxyl groups excluding tert-OH is 1. The van der Waals surface area contributed by atoms with Gasteiger partial charge >= 0.3 is 0 Å². The molecule has 0 spiro atoms. The minimum Gasteiger partial charge on any atom is -0.507 e. The molecular weight excluding hydrogens is 333 g/mol. The molecule has 2 N–H and O–H groups in total. The van der Waals surface area contributed by atoms with Crippen molar-refractivity contribution in [1.82, 2.24) is 4.90 Å². The number of hydrogen-bond donors (Lipinski definition) is 2. The van der Waals surface area contributed by atoms with Gasteiger partial charge in [0.25, 0.3) is 5.91 Å². The van der Waals surface area contributed by atoms with E-state index in [0.29, 0.717) is 25.1 Å². The topological polar surface area (TPSA) is 60.8 Å². The van der Waals surface area contributed by atoms with Crippen LogP contribution in [0.4, 0.5) is 0 Å². The predicted octanol–water partition coefficient (Wildman–Crippen LogP) is 1.84. The summed E-state index contributed by atoms with van der Waals surface area (Å²) in [4.78, 5) is 13.7. The van der Waals surface area contributed by atoms with Crippen molar-refractivity contribution in [3.63, 3.8) is 0 Å². The van der Waals surface area contributed by atoms with Crippen molar-refractivity contribution in [3.05, 3.63) is 27.3 Å². The third-order valence-electron chi connectivity index (χ3n) is 2.44. The van der Waals surface area contributed by atoms with Crippen molar-refractivity contribution in [2.75, 3.05) is 19.7 Å². The lowest BCUT2D eigenvalue weighted by Crippen LogP contribution is -2.32. The Labute approximate surface area is 114 Å². The second-order valence-electron chi connectivity index (χ2n) is 3.62. The lowest BCUT2D eigenvalue weighted by atomic mass is 10.1. The van der Waals surface area contributed by atoms with Gasteiger partial charge in [-0.2, -0.15) is 0 Å². The van der Waals surface area contributed by atoms with E-state index in [9.17, 15) is 9.90 Å². The van der Waals surface area contributed by atoms with Crippen LogP contribution in [-0.4, -0.2) is 40.7 Å². The quantitative estimate of drug-likeness (QED) is 0.798. The molecule has 0 saturated carbocycles. The van der Waals surface area contributed by atoms with Crippen molar-refractivity contribution in [2.45, 2.75) is 13.3 Å². The van der Waals surface area contributed by atoms with Crippen LogP contribution in [0.2, 0.25) is 0 Å². The Morgan fingerprint density at radius 1 is 1.47 bits per heavy atom. The zero-order chi connectivity index (χ0) is 12.8. The fourth-order valence-corrected chi connectivity index (χ4v) is 2.01. The zero-order valence-electron chi connectivity index (χ0n) is 9.69. The fraction of sp³-hybridized carbons (Fsp3) is 0.417. The van der Waals surface area contributed by atoms with Gasteiger partial charge in [0.2, 0.25) is 0 Å². The number of aliphatic hydroxyl groups is 1. The summed E-state index contributed by atoms with van der Waals surface area (Å²) >= 11 is 2.10. The van der Waals surface area contributed by atoms with Gasteiger partial charge in [0, 0.05) is 23.3 Å². The largest absolute Gasteiger partial charge is 0.507 e. The molecule has 1 aromatic rings. The highest BCUT2D eigenvalue weighted by Gasteiger charge is 2.17. The fourth-order valence-electron chi connectivity index (χ4n) is 1.51. The summed E-state index contributed by atoms with van der Waals surface area (Å²) in [5.74, 6) is -0.199. The predicted molar refractivity (Wildman–Crippen MR) is 74.1 cm³/mol. The second-order valence-corrected chi connectivity index (χ2v) is 4.87. The second kappa shape index (κ2) is 6.80. The molecule has 0 unspecified atom stereocenters. The molecule has 1 aromatic carbocycles. The highest BCUT2D eigenvalue weighted by Crippen LogP contribution is 2.21. The summed E-state index contributed by atoms with van der Waals surface area (Å²) < 4.78 is 0.905. The van der Waals surface area contributed by atoms with Crippen LogP contribution < -0.4 is 0 Å². The van der Waals surface area contributed by atoms with Gasteiger partial charge in [0.15, 0.2) is 0 Å². The third kappa shape index (κ3) is 3.85. The van der Waals surface area contributed by atoms with Crippen LogP contribution in [0.1, 0.15) is 23.7 Å². The number of rotatable bonds is 5. The average molecular weight is 349 g/mol. The normalized spacial score (nSPS) is 10.3. The molecule has 0 aliphatic carbocycles. The molecule has 0 atom stereocenters. The number of phenolic OH excluding ortho intramolecular Hbond substituents is 1. The molecule has 17 heavy (non-hydrogen) atoms. The van der Waals surface area contributed by atoms with Crippen LogP contribution in [0, 0.1) is 3.57 Å². The van der Waals surface area contributed by atoms with Crippen molar-refractivity contribution in [1.29, 1.82) is 0 Å². The SMILES string of the molecule is CCN(CCCO)C(=O)c1cc(I)ccc1O. The van der Waals surface area contributed by atoms with E-state index in [-0.39, 0.29) is 18.3 Å². The Bertz CT molecular complexity index is 395. The molecule has 0 fully saturated rings. The van der Waals surface area contributed by atoms with E-state index in [4.69, 9.17) is 5.11 Å². The van der Waals surface area contributed by atoms with Crippen molar-refractivity contribution in [3.8, 4) is 5.75 Å². The maximum atomic E-state index is 12.1. The molecule has 0 aliphatic heterocycles. The molecule has 94 valence electrons. The standard InChI is InChI=1S/C12H16INO3/c1-2-14(6-3-7-15)12(17)10-8-9(13)4-5-11(10)16/h4-5,8,15-16H,2-3,6-7H2,1H3. The average Bonchev–Trinajstić information content (AvgIpc) is 2.33. The number of hydrogen-bond acceptors (Lipinski definition) is 3. The van der Waals surface area contributed by atoms with E-state index in [1.165, 1.54) is 6.07 Å². The van der Waals surface area contributed by atoms with Gasteiger partial charge in [-0.3, -0.25) is 4.79 Å². The van der Waals surface area contributed by atoms with Crippen molar-refractivity contribution in [2.24, 2.45) is 0 Å². The zero-order valence-corrected chi connectivity index (χ0v) is 11.8. The van der Waals surface area contributed by atoms with Gasteiger partial charge in [-0.05, 0) is 54.1 Å². The summed E-state index contributed by atoms with van der Waals surface area (Å²) in [5, 5.41) is 18.4. The molecule has 0 radical (unpaired) electrons. The molecule has 5 heteroatoms. The Hall–Kier alpha value is -0.820. The lowest BCUT2D eigenvalue weighted by Gasteiger charge is -2.21. The monoisotopic (exact) mass is 349 g/mol. The molecule has 4 nitrogen and oxygen atoms in total. The number of amides is 1. The molecule has 0 aliphatic rings. The highest BCUT2D eigenvalue weighted by atomic mass is 127. The number of carbonyl (C=O) groups excluding carboxylic acids is 1. The van der Waals surface area contributed by atoms with Crippen LogP contribution in [-0.2, 0) is 0 Å². The molecular formula is C12H16INO3. The van der Waals surface area contributed by atoms with E-state index >= 15 is 0 Å². The lowest BCUT2D eigenvalue weighted by molar-refractivity contribution is 0.0751. The van der Waals surface area contributed by atoms with Gasteiger partial charge < -0.3 is 15.1 Å². The summed E-state index contributed by atoms with van der Waals surface area (Å²) in [6.07, 6.45) is 0.546. The molecule has 0 aromatic heterocycles. The number of nitrogens with zero attached hydrogens (tertiary/aromatic N) is 1. The van der Waals surface area contributed by atoms with E-state index in [1.54, 1.807) is 17.0 Å². The number of carbonyl (C=O) groups is 1. The summed E-state index contributed by atoms with van der Waals surface area (Å²) in [7, 11) is 0. The van der Waals surface area contributed by atoms with E-state index in [1.807, 2.05) is 6.92 Å². The van der Waals surface area contributed by atoms with Crippen LogP contribution in [0.3, 0.4) is 0 Å². The van der Waals surface area contributed by atoms with Gasteiger partial charge in [0.1, 0.15) is 5.75 Å². The van der Waals surface area contributed by atoms with E-state index in [2.05, 4.69) is 22.6 Å². The van der Waals surface area contributed by atoms with Gasteiger partial charge in [-0.1, -0.05) is 0 Å². The molecule has 0 heterocycles. The van der Waals surface area contributed by atoms with Crippen molar-refractivity contribution >= 4 is 28.5 Å². The third-order valence-corrected chi connectivity index (χ3v) is 3.12. The Kier molecular flexibility index (Phi) is 5.70. The van der Waals surface area contributed by atoms with Crippen molar-refractivity contribution < 1.29 is 15.0 Å². The number of benzene rings is 1. The number of aromatic hydroxyl groups is 1. The first kappa shape index (κ1) is 14.2. The first-order valence-electron chi connectivity index (χ1n) is 5.48. The molecule has 0 saturated heterocycles.